The molecule has 0 amide bonds. The van der Waals surface area contributed by atoms with Crippen LogP contribution in [-0.4, -0.2) is 68.3 Å². The molecular weight excluding hydrogens is 482 g/mol. The Labute approximate surface area is 235 Å². The molecule has 3 heterocycles. The minimum atomic E-state index is 0.143. The first-order valence-corrected chi connectivity index (χ1v) is 15.2. The fraction of sp³-hybridized carbons (Fsp3) is 0.576. The van der Waals surface area contributed by atoms with Gasteiger partial charge in [-0.25, -0.2) is 9.97 Å². The molecule has 0 bridgehead atoms. The molecular formula is C33H47N5O. The summed E-state index contributed by atoms with van der Waals surface area (Å²) in [5, 5.41) is 1.19. The van der Waals surface area contributed by atoms with E-state index in [2.05, 4.69) is 71.1 Å². The number of benzene rings is 2. The van der Waals surface area contributed by atoms with Crippen molar-refractivity contribution in [2.75, 3.05) is 63.2 Å². The largest absolute Gasteiger partial charge is 0.496 e. The Hall–Kier alpha value is -2.86. The van der Waals surface area contributed by atoms with Crippen LogP contribution in [0.3, 0.4) is 0 Å². The molecule has 6 heteroatoms. The van der Waals surface area contributed by atoms with Gasteiger partial charge in [0, 0.05) is 49.7 Å². The number of ether oxygens (including phenoxy) is 1. The van der Waals surface area contributed by atoms with E-state index in [0.717, 1.165) is 61.9 Å². The molecule has 0 unspecified atom stereocenters. The van der Waals surface area contributed by atoms with E-state index in [1.807, 2.05) is 13.8 Å². The van der Waals surface area contributed by atoms with Gasteiger partial charge in [-0.2, -0.15) is 0 Å². The van der Waals surface area contributed by atoms with Gasteiger partial charge in [0.05, 0.1) is 12.6 Å². The second kappa shape index (κ2) is 12.1. The lowest BCUT2D eigenvalue weighted by molar-refractivity contribution is 0.346. The number of piperidine rings is 1. The molecule has 1 aliphatic carbocycles. The molecule has 0 atom stereocenters. The number of methoxy groups -OCH3 is 1. The van der Waals surface area contributed by atoms with Crippen LogP contribution in [0.2, 0.25) is 0 Å². The Morgan fingerprint density at radius 2 is 1.69 bits per heavy atom. The first-order valence-electron chi connectivity index (χ1n) is 15.2. The van der Waals surface area contributed by atoms with Crippen LogP contribution in [-0.2, 0) is 5.41 Å². The van der Waals surface area contributed by atoms with Gasteiger partial charge in [0.2, 0.25) is 0 Å². The van der Waals surface area contributed by atoms with Crippen molar-refractivity contribution in [3.8, 4) is 5.75 Å². The van der Waals surface area contributed by atoms with Gasteiger partial charge in [-0.3, -0.25) is 0 Å². The van der Waals surface area contributed by atoms with Crippen LogP contribution < -0.4 is 14.5 Å². The summed E-state index contributed by atoms with van der Waals surface area (Å²) in [6, 6.07) is 15.3. The van der Waals surface area contributed by atoms with Crippen LogP contribution in [0.15, 0.2) is 42.5 Å². The van der Waals surface area contributed by atoms with E-state index in [9.17, 15) is 0 Å². The van der Waals surface area contributed by atoms with E-state index in [0.29, 0.717) is 5.92 Å². The number of rotatable bonds is 8. The molecule has 0 spiro atoms. The number of likely N-dealkylation sites (N-methyl/N-ethyl adjacent to an activating group) is 1. The highest BCUT2D eigenvalue weighted by Crippen LogP contribution is 2.47. The smallest absolute Gasteiger partial charge is 0.140 e. The third kappa shape index (κ3) is 6.01. The van der Waals surface area contributed by atoms with Crippen molar-refractivity contribution in [1.82, 2.24) is 14.9 Å². The average Bonchev–Trinajstić information content (AvgIpc) is 3.53. The fourth-order valence-electron chi connectivity index (χ4n) is 6.09. The second-order valence-electron chi connectivity index (χ2n) is 11.6. The molecule has 2 aromatic carbocycles. The van der Waals surface area contributed by atoms with Crippen LogP contribution in [0.4, 0.5) is 11.5 Å². The molecule has 1 saturated carbocycles. The summed E-state index contributed by atoms with van der Waals surface area (Å²) in [5.41, 5.74) is 3.82. The second-order valence-corrected chi connectivity index (χ2v) is 11.6. The molecule has 6 rings (SSSR count). The summed E-state index contributed by atoms with van der Waals surface area (Å²) in [5.74, 6) is 3.69. The summed E-state index contributed by atoms with van der Waals surface area (Å²) in [6.45, 7) is 13.0. The van der Waals surface area contributed by atoms with Gasteiger partial charge in [-0.15, -0.1) is 0 Å². The van der Waals surface area contributed by atoms with E-state index in [1.54, 1.807) is 7.11 Å². The van der Waals surface area contributed by atoms with Gasteiger partial charge in [0.1, 0.15) is 17.4 Å². The molecule has 2 saturated heterocycles. The van der Waals surface area contributed by atoms with E-state index in [4.69, 9.17) is 14.7 Å². The van der Waals surface area contributed by atoms with E-state index >= 15 is 0 Å². The monoisotopic (exact) mass is 529 g/mol. The number of anilines is 2. The Balaban J connectivity index is 0.00000151. The van der Waals surface area contributed by atoms with Crippen molar-refractivity contribution in [1.29, 1.82) is 0 Å². The maximum absolute atomic E-state index is 5.67. The van der Waals surface area contributed by atoms with Gasteiger partial charge in [-0.05, 0) is 87.4 Å². The van der Waals surface area contributed by atoms with Crippen molar-refractivity contribution in [3.05, 3.63) is 53.9 Å². The van der Waals surface area contributed by atoms with Gasteiger partial charge >= 0.3 is 0 Å². The summed E-state index contributed by atoms with van der Waals surface area (Å²) in [6.07, 6.45) is 7.27. The molecule has 3 aliphatic rings. The number of hydrogen-bond acceptors (Lipinski definition) is 6. The van der Waals surface area contributed by atoms with Gasteiger partial charge in [0.25, 0.3) is 0 Å². The van der Waals surface area contributed by atoms with Crippen molar-refractivity contribution in [2.45, 2.75) is 70.6 Å². The third-order valence-corrected chi connectivity index (χ3v) is 8.96. The first kappa shape index (κ1) is 27.7. The van der Waals surface area contributed by atoms with Gasteiger partial charge in [-0.1, -0.05) is 39.0 Å². The molecule has 210 valence electrons. The first-order chi connectivity index (χ1) is 19.0. The standard InChI is InChI=1S/C31H41N5O.C2H6/c1-31(14-15-31)30-32-27-11-10-24(34(2)20-21-35-16-6-7-17-35)22-26(27)29(33-30)36-18-12-23(13-19-36)25-8-4-5-9-28(25)37-3;1-2/h4-5,8-11,22-23H,6-7,12-21H2,1-3H3;1-2H3. The van der Waals surface area contributed by atoms with Crippen molar-refractivity contribution in [2.24, 2.45) is 0 Å². The molecule has 0 radical (unpaired) electrons. The minimum Gasteiger partial charge on any atom is -0.496 e. The molecule has 0 N–H and O–H groups in total. The molecule has 2 aliphatic heterocycles. The zero-order chi connectivity index (χ0) is 27.4. The van der Waals surface area contributed by atoms with Gasteiger partial charge in [0.15, 0.2) is 0 Å². The van der Waals surface area contributed by atoms with Crippen molar-refractivity contribution < 1.29 is 4.74 Å². The number of fused-ring (bicyclic) bond motifs is 1. The van der Waals surface area contributed by atoms with Crippen molar-refractivity contribution in [3.63, 3.8) is 0 Å². The topological polar surface area (TPSA) is 44.7 Å². The molecule has 3 aromatic rings. The predicted octanol–water partition coefficient (Wildman–Crippen LogP) is 6.63. The Morgan fingerprint density at radius 3 is 2.38 bits per heavy atom. The predicted molar refractivity (Wildman–Crippen MR) is 164 cm³/mol. The maximum atomic E-state index is 5.67. The molecule has 3 fully saturated rings. The molecule has 6 nitrogen and oxygen atoms in total. The van der Waals surface area contributed by atoms with E-state index < -0.39 is 0 Å². The molecule has 39 heavy (non-hydrogen) atoms. The molecule has 1 aromatic heterocycles. The van der Waals surface area contributed by atoms with Crippen LogP contribution in [0.5, 0.6) is 5.75 Å². The van der Waals surface area contributed by atoms with Crippen LogP contribution in [0, 0.1) is 0 Å². The fourth-order valence-corrected chi connectivity index (χ4v) is 6.09. The van der Waals surface area contributed by atoms with Crippen LogP contribution in [0.1, 0.15) is 76.6 Å². The van der Waals surface area contributed by atoms with Gasteiger partial charge < -0.3 is 19.4 Å². The maximum Gasteiger partial charge on any atom is 0.140 e. The Morgan fingerprint density at radius 1 is 0.974 bits per heavy atom. The highest BCUT2D eigenvalue weighted by molar-refractivity contribution is 5.92. The van der Waals surface area contributed by atoms with E-state index in [1.165, 1.54) is 55.4 Å². The Bertz CT molecular complexity index is 1240. The summed E-state index contributed by atoms with van der Waals surface area (Å²) in [7, 11) is 4.00. The quantitative estimate of drug-likeness (QED) is 0.326. The minimum absolute atomic E-state index is 0.143. The number of para-hydroxylation sites is 1. The third-order valence-electron chi connectivity index (χ3n) is 8.96. The van der Waals surface area contributed by atoms with Crippen LogP contribution >= 0.6 is 0 Å². The highest BCUT2D eigenvalue weighted by atomic mass is 16.5. The summed E-state index contributed by atoms with van der Waals surface area (Å²) < 4.78 is 5.67. The SMILES string of the molecule is CC.COc1ccccc1C1CCN(c2nc(C3(C)CC3)nc3ccc(N(C)CCN4CCCC4)cc23)CC1. The average molecular weight is 530 g/mol. The number of nitrogens with zero attached hydrogens (tertiary/aromatic N) is 5. The van der Waals surface area contributed by atoms with Crippen molar-refractivity contribution >= 4 is 22.4 Å². The highest BCUT2D eigenvalue weighted by Gasteiger charge is 2.42. The zero-order valence-electron chi connectivity index (χ0n) is 24.7. The summed E-state index contributed by atoms with van der Waals surface area (Å²) >= 11 is 0. The van der Waals surface area contributed by atoms with E-state index in [-0.39, 0.29) is 5.41 Å². The lowest BCUT2D eigenvalue weighted by Gasteiger charge is -2.34. The van der Waals surface area contributed by atoms with Crippen LogP contribution in [0.25, 0.3) is 10.9 Å². The lowest BCUT2D eigenvalue weighted by atomic mass is 9.88. The number of hydrogen-bond donors (Lipinski definition) is 0. The number of aromatic nitrogens is 2. The number of likely N-dealkylation sites (tertiary alicyclic amines) is 1. The summed E-state index contributed by atoms with van der Waals surface area (Å²) in [4.78, 5) is 17.8. The lowest BCUT2D eigenvalue weighted by Crippen LogP contribution is -2.34. The Kier molecular flexibility index (Phi) is 8.61. The normalized spacial score (nSPS) is 19.1. The zero-order valence-corrected chi connectivity index (χ0v) is 24.7.